The maximum atomic E-state index is 13.4. The summed E-state index contributed by atoms with van der Waals surface area (Å²) < 4.78 is 22.3. The number of nitrogens with one attached hydrogen (secondary N) is 2. The number of halogens is 2. The number of carbonyl (C=O) groups excluding carboxylic acids is 1. The van der Waals surface area contributed by atoms with E-state index in [4.69, 9.17) is 21.1 Å². The molecule has 1 amide bonds. The van der Waals surface area contributed by atoms with Gasteiger partial charge in [-0.05, 0) is 76.8 Å². The Morgan fingerprint density at radius 1 is 1.11 bits per heavy atom. The van der Waals surface area contributed by atoms with Crippen molar-refractivity contribution in [1.29, 1.82) is 0 Å². The number of likely N-dealkylation sites (tertiary alicyclic amines) is 1. The van der Waals surface area contributed by atoms with Crippen molar-refractivity contribution in [3.05, 3.63) is 0 Å². The van der Waals surface area contributed by atoms with E-state index in [0.29, 0.717) is 12.5 Å². The normalized spacial score (nSPS) is 40.3. The van der Waals surface area contributed by atoms with Crippen LogP contribution >= 0.6 is 35.5 Å². The fourth-order valence-corrected chi connectivity index (χ4v) is 7.23. The van der Waals surface area contributed by atoms with Crippen molar-refractivity contribution >= 4 is 41.4 Å². The molecule has 38 heavy (non-hydrogen) atoms. The summed E-state index contributed by atoms with van der Waals surface area (Å²) in [5.74, 6) is 1.38. The summed E-state index contributed by atoms with van der Waals surface area (Å²) in [5.41, 5.74) is -0.732. The van der Waals surface area contributed by atoms with Gasteiger partial charge in [0.1, 0.15) is 35.9 Å². The molecule has 9 nitrogen and oxygen atoms in total. The molecule has 4 aliphatic rings. The van der Waals surface area contributed by atoms with Gasteiger partial charge in [-0.25, -0.2) is 0 Å². The van der Waals surface area contributed by atoms with E-state index in [1.54, 1.807) is 13.2 Å². The standard InChI is InChI=1S/C24H42ClN3O6S.CH3FS/c1-12(25)16(22-19(30)18(29)20(31)24(34-22)35-3)27-23(32)17-21-15(11-26-17)10-14(6-9-33-21)13-4-7-28(2)8-5-13;1-3-2/h12-22,24,26,29-31H,4-11H2,1-3H3,(H,27,32);1H3/t12-,14-,15-,16+,17-,18+,19?,20+,21+,22+,24?;/m0./s1. The molecular formula is C25H45ClFN3O6S2. The number of hydrogen-bond acceptors (Lipinski definition) is 10. The van der Waals surface area contributed by atoms with Crippen LogP contribution in [-0.4, -0.2) is 125 Å². The zero-order valence-corrected chi connectivity index (χ0v) is 25.1. The van der Waals surface area contributed by atoms with E-state index in [0.717, 1.165) is 38.4 Å². The molecule has 0 aromatic rings. The van der Waals surface area contributed by atoms with Crippen LogP contribution in [0.15, 0.2) is 0 Å². The minimum atomic E-state index is -1.39. The smallest absolute Gasteiger partial charge is 0.240 e. The first-order valence-electron chi connectivity index (χ1n) is 13.5. The lowest BCUT2D eigenvalue weighted by atomic mass is 9.77. The summed E-state index contributed by atoms with van der Waals surface area (Å²) in [6, 6.07) is -1.27. The number of ether oxygens (including phenoxy) is 2. The van der Waals surface area contributed by atoms with Gasteiger partial charge in [0.05, 0.1) is 17.5 Å². The van der Waals surface area contributed by atoms with Crippen molar-refractivity contribution in [3.63, 3.8) is 0 Å². The first kappa shape index (κ1) is 32.6. The Morgan fingerprint density at radius 3 is 2.37 bits per heavy atom. The Balaban J connectivity index is 0.00000127. The van der Waals surface area contributed by atoms with Gasteiger partial charge in [-0.15, -0.1) is 23.4 Å². The Morgan fingerprint density at radius 2 is 1.76 bits per heavy atom. The van der Waals surface area contributed by atoms with E-state index >= 15 is 0 Å². The van der Waals surface area contributed by atoms with E-state index in [1.165, 1.54) is 30.9 Å². The monoisotopic (exact) mass is 601 g/mol. The van der Waals surface area contributed by atoms with Gasteiger partial charge >= 0.3 is 0 Å². The van der Waals surface area contributed by atoms with E-state index in [9.17, 15) is 24.0 Å². The molecule has 4 heterocycles. The van der Waals surface area contributed by atoms with Gasteiger partial charge in [-0.2, -0.15) is 3.89 Å². The molecule has 0 saturated carbocycles. The van der Waals surface area contributed by atoms with Gasteiger partial charge in [-0.3, -0.25) is 4.79 Å². The van der Waals surface area contributed by atoms with Gasteiger partial charge in [-0.1, -0.05) is 0 Å². The van der Waals surface area contributed by atoms with Crippen molar-refractivity contribution in [2.75, 3.05) is 45.8 Å². The summed E-state index contributed by atoms with van der Waals surface area (Å²) in [4.78, 5) is 15.8. The fraction of sp³-hybridized carbons (Fsp3) is 0.960. The number of nitrogens with zero attached hydrogens (tertiary/aromatic N) is 1. The van der Waals surface area contributed by atoms with Crippen LogP contribution in [0.5, 0.6) is 0 Å². The number of piperidine rings is 1. The second-order valence-electron chi connectivity index (χ2n) is 10.9. The molecule has 4 aliphatic heterocycles. The van der Waals surface area contributed by atoms with E-state index in [2.05, 4.69) is 22.6 Å². The number of alkyl halides is 1. The van der Waals surface area contributed by atoms with Gasteiger partial charge in [0, 0.05) is 31.6 Å². The van der Waals surface area contributed by atoms with Crippen molar-refractivity contribution in [2.24, 2.45) is 17.8 Å². The van der Waals surface area contributed by atoms with Gasteiger partial charge < -0.3 is 40.3 Å². The molecule has 0 spiro atoms. The lowest BCUT2D eigenvalue weighted by Crippen LogP contribution is -2.65. The van der Waals surface area contributed by atoms with Crippen molar-refractivity contribution in [2.45, 2.75) is 86.0 Å². The lowest BCUT2D eigenvalue weighted by molar-refractivity contribution is -0.205. The van der Waals surface area contributed by atoms with Crippen LogP contribution in [0.1, 0.15) is 32.6 Å². The van der Waals surface area contributed by atoms with Crippen LogP contribution in [0.4, 0.5) is 3.89 Å². The highest BCUT2D eigenvalue weighted by atomic mass is 35.5. The average Bonchev–Trinajstić information content (AvgIpc) is 3.17. The Bertz CT molecular complexity index is 739. The number of fused-ring (bicyclic) bond motifs is 1. The minimum absolute atomic E-state index is 0.207. The molecule has 4 rings (SSSR count). The van der Waals surface area contributed by atoms with Gasteiger partial charge in [0.2, 0.25) is 5.91 Å². The van der Waals surface area contributed by atoms with Crippen LogP contribution in [0.25, 0.3) is 0 Å². The SMILES string of the molecule is CSC1O[C@H]([C@H](NC(=O)[C@H]2NC[C@@H]3C[C@@H](C4CCN(C)CC4)CCO[C@H]32)[C@H](C)Cl)C(O)[C@@H](O)[C@H]1O.CSF. The molecule has 2 unspecified atom stereocenters. The zero-order chi connectivity index (χ0) is 28.0. The molecule has 4 saturated heterocycles. The average molecular weight is 602 g/mol. The number of carbonyl (C=O) groups is 1. The van der Waals surface area contributed by atoms with E-state index in [1.807, 2.05) is 0 Å². The van der Waals surface area contributed by atoms with Crippen LogP contribution in [0, 0.1) is 17.8 Å². The maximum absolute atomic E-state index is 13.4. The second kappa shape index (κ2) is 15.4. The first-order valence-corrected chi connectivity index (χ1v) is 16.3. The van der Waals surface area contributed by atoms with E-state index < -0.39 is 47.3 Å². The van der Waals surface area contributed by atoms with Crippen LogP contribution in [-0.2, 0) is 14.3 Å². The third-order valence-corrected chi connectivity index (χ3v) is 9.63. The predicted molar refractivity (Wildman–Crippen MR) is 150 cm³/mol. The summed E-state index contributed by atoms with van der Waals surface area (Å²) in [5, 5.41) is 36.9. The van der Waals surface area contributed by atoms with Crippen molar-refractivity contribution < 1.29 is 33.5 Å². The number of aliphatic hydroxyl groups excluding tert-OH is 3. The summed E-state index contributed by atoms with van der Waals surface area (Å²) >= 11 is 7.92. The Labute approximate surface area is 239 Å². The molecule has 5 N–H and O–H groups in total. The molecular weight excluding hydrogens is 557 g/mol. The molecule has 0 bridgehead atoms. The predicted octanol–water partition coefficient (Wildman–Crippen LogP) is 1.23. The topological polar surface area (TPSA) is 124 Å². The van der Waals surface area contributed by atoms with Gasteiger partial charge in [0.15, 0.2) is 0 Å². The highest BCUT2D eigenvalue weighted by molar-refractivity contribution is 7.99. The van der Waals surface area contributed by atoms with Crippen LogP contribution in [0.3, 0.4) is 0 Å². The van der Waals surface area contributed by atoms with Crippen LogP contribution < -0.4 is 10.6 Å². The maximum Gasteiger partial charge on any atom is 0.240 e. The van der Waals surface area contributed by atoms with Crippen molar-refractivity contribution in [3.8, 4) is 0 Å². The molecule has 0 aromatic heterocycles. The number of hydrogen-bond donors (Lipinski definition) is 5. The third-order valence-electron chi connectivity index (χ3n) is 8.51. The highest BCUT2D eigenvalue weighted by Crippen LogP contribution is 2.38. The quantitative estimate of drug-likeness (QED) is 0.284. The number of rotatable bonds is 6. The highest BCUT2D eigenvalue weighted by Gasteiger charge is 2.50. The summed E-state index contributed by atoms with van der Waals surface area (Å²) in [7, 11) is 2.18. The molecule has 11 atom stereocenters. The third kappa shape index (κ3) is 7.89. The number of aliphatic hydroxyl groups is 3. The fourth-order valence-electron chi connectivity index (χ4n) is 6.34. The first-order chi connectivity index (χ1) is 18.1. The molecule has 0 aromatic carbocycles. The number of thioether (sulfide) groups is 1. The zero-order valence-electron chi connectivity index (χ0n) is 22.7. The Kier molecular flexibility index (Phi) is 13.2. The molecule has 222 valence electrons. The second-order valence-corrected chi connectivity index (χ2v) is 12.9. The Hall–Kier alpha value is 0.110. The lowest BCUT2D eigenvalue weighted by Gasteiger charge is -2.44. The molecule has 4 fully saturated rings. The molecule has 13 heteroatoms. The van der Waals surface area contributed by atoms with Gasteiger partial charge in [0.25, 0.3) is 0 Å². The summed E-state index contributed by atoms with van der Waals surface area (Å²) in [6.07, 6.45) is 2.52. The minimum Gasteiger partial charge on any atom is -0.388 e. The largest absolute Gasteiger partial charge is 0.388 e. The molecule has 0 aliphatic carbocycles. The number of amides is 1. The van der Waals surface area contributed by atoms with Crippen LogP contribution in [0.2, 0.25) is 0 Å². The van der Waals surface area contributed by atoms with E-state index in [-0.39, 0.29) is 30.1 Å². The summed E-state index contributed by atoms with van der Waals surface area (Å²) in [6.45, 7) is 5.40. The van der Waals surface area contributed by atoms with Crippen molar-refractivity contribution in [1.82, 2.24) is 15.5 Å². The molecule has 0 radical (unpaired) electrons.